The Bertz CT molecular complexity index is 616. The molecule has 0 saturated heterocycles. The van der Waals surface area contributed by atoms with Gasteiger partial charge in [0.05, 0.1) is 12.6 Å². The molecule has 0 saturated carbocycles. The van der Waals surface area contributed by atoms with Gasteiger partial charge in [-0.05, 0) is 12.1 Å². The first-order valence-electron chi connectivity index (χ1n) is 4.30. The predicted octanol–water partition coefficient (Wildman–Crippen LogP) is 1.02. The van der Waals surface area contributed by atoms with Crippen molar-refractivity contribution in [2.45, 2.75) is 0 Å². The molecule has 0 aliphatic heterocycles. The Labute approximate surface area is 91.8 Å². The molecule has 0 aliphatic carbocycles. The van der Waals surface area contributed by atoms with Crippen molar-refractivity contribution in [1.29, 1.82) is 0 Å². The van der Waals surface area contributed by atoms with E-state index >= 15 is 0 Å². The maximum absolute atomic E-state index is 10.4. The lowest BCUT2D eigenvalue weighted by Crippen LogP contribution is -2.06. The molecule has 7 heteroatoms. The zero-order chi connectivity index (χ0) is 11.8. The zero-order valence-corrected chi connectivity index (χ0v) is 9.08. The van der Waals surface area contributed by atoms with Crippen LogP contribution in [0.4, 0.5) is 0 Å². The second-order valence-electron chi connectivity index (χ2n) is 3.08. The molecule has 2 rings (SSSR count). The summed E-state index contributed by atoms with van der Waals surface area (Å²) in [4.78, 5) is 2.65. The van der Waals surface area contributed by atoms with E-state index in [9.17, 15) is 13.0 Å². The van der Waals surface area contributed by atoms with Crippen LogP contribution in [-0.4, -0.2) is 25.1 Å². The lowest BCUT2D eigenvalue weighted by atomic mass is 10.2. The summed E-state index contributed by atoms with van der Waals surface area (Å²) in [5.41, 5.74) is 0.623. The Balaban J connectivity index is 2.44. The van der Waals surface area contributed by atoms with E-state index in [-0.39, 0.29) is 5.88 Å². The van der Waals surface area contributed by atoms with Crippen LogP contribution in [0.3, 0.4) is 0 Å². The molecular weight excluding hydrogens is 234 g/mol. The molecule has 1 aromatic carbocycles. The molecule has 2 aromatic rings. The number of aromatic amines is 1. The van der Waals surface area contributed by atoms with Gasteiger partial charge in [0, 0.05) is 17.5 Å². The van der Waals surface area contributed by atoms with E-state index in [2.05, 4.69) is 9.17 Å². The Hall–Kier alpha value is -1.73. The van der Waals surface area contributed by atoms with E-state index in [0.29, 0.717) is 11.3 Å². The van der Waals surface area contributed by atoms with Crippen LogP contribution in [0.15, 0.2) is 24.3 Å². The number of fused-ring (bicyclic) bond motifs is 1. The first-order chi connectivity index (χ1) is 7.48. The average Bonchev–Trinajstić information content (AvgIpc) is 2.55. The van der Waals surface area contributed by atoms with Gasteiger partial charge in [-0.1, -0.05) is 0 Å². The molecule has 1 aromatic heterocycles. The van der Waals surface area contributed by atoms with Gasteiger partial charge in [0.2, 0.25) is 5.88 Å². The van der Waals surface area contributed by atoms with Crippen molar-refractivity contribution in [2.75, 3.05) is 7.11 Å². The van der Waals surface area contributed by atoms with Gasteiger partial charge in [-0.3, -0.25) is 0 Å². The molecule has 0 bridgehead atoms. The summed E-state index contributed by atoms with van der Waals surface area (Å²) in [5.74, 6) is 0.504. The van der Waals surface area contributed by atoms with Gasteiger partial charge in [0.25, 0.3) is 10.4 Å². The summed E-state index contributed by atoms with van der Waals surface area (Å²) in [6.45, 7) is 0. The summed E-state index contributed by atoms with van der Waals surface area (Å²) in [6.07, 6.45) is 0. The number of hydrogen-bond acceptors (Lipinski definition) is 5. The van der Waals surface area contributed by atoms with E-state index in [0.717, 1.165) is 5.39 Å². The molecule has 0 aliphatic rings. The number of nitrogens with one attached hydrogen (secondary N) is 1. The number of rotatable bonds is 3. The smallest absolute Gasteiger partial charge is 0.264 e. The lowest BCUT2D eigenvalue weighted by Gasteiger charge is -2.05. The van der Waals surface area contributed by atoms with Crippen molar-refractivity contribution < 1.29 is 21.9 Å². The molecule has 0 radical (unpaired) electrons. The minimum atomic E-state index is -4.75. The first-order valence-corrected chi connectivity index (χ1v) is 5.63. The molecule has 0 atom stereocenters. The van der Waals surface area contributed by atoms with Gasteiger partial charge in [-0.25, -0.2) is 8.42 Å². The summed E-state index contributed by atoms with van der Waals surface area (Å²) in [5, 5.41) is 0.722. The van der Waals surface area contributed by atoms with E-state index in [1.54, 1.807) is 18.2 Å². The molecule has 1 N–H and O–H groups in total. The Morgan fingerprint density at radius 3 is 2.69 bits per heavy atom. The SMILES string of the molecule is COc1ccc2cc(OS(=O)(=O)[O-])[nH]c2c1. The van der Waals surface area contributed by atoms with Crippen molar-refractivity contribution in [3.63, 3.8) is 0 Å². The highest BCUT2D eigenvalue weighted by Gasteiger charge is 2.05. The molecule has 1 heterocycles. The topological polar surface area (TPSA) is 91.4 Å². The maximum Gasteiger partial charge on any atom is 0.264 e. The molecular formula is C9H8NO5S-. The van der Waals surface area contributed by atoms with E-state index in [4.69, 9.17) is 4.74 Å². The Morgan fingerprint density at radius 1 is 1.31 bits per heavy atom. The normalized spacial score (nSPS) is 11.6. The maximum atomic E-state index is 10.4. The number of benzene rings is 1. The quantitative estimate of drug-likeness (QED) is 0.640. The summed E-state index contributed by atoms with van der Waals surface area (Å²) < 4.78 is 40.3. The number of methoxy groups -OCH3 is 1. The lowest BCUT2D eigenvalue weighted by molar-refractivity contribution is 0.368. The monoisotopic (exact) mass is 242 g/mol. The van der Waals surface area contributed by atoms with E-state index < -0.39 is 10.4 Å². The first kappa shape index (κ1) is 10.8. The third kappa shape index (κ3) is 2.26. The Kier molecular flexibility index (Phi) is 2.49. The second-order valence-corrected chi connectivity index (χ2v) is 4.06. The molecule has 16 heavy (non-hydrogen) atoms. The summed E-state index contributed by atoms with van der Waals surface area (Å²) in [6, 6.07) is 6.52. The minimum Gasteiger partial charge on any atom is -0.716 e. The average molecular weight is 242 g/mol. The summed E-state index contributed by atoms with van der Waals surface area (Å²) >= 11 is 0. The second kappa shape index (κ2) is 3.69. The van der Waals surface area contributed by atoms with Gasteiger partial charge in [-0.2, -0.15) is 0 Å². The molecule has 86 valence electrons. The Morgan fingerprint density at radius 2 is 2.06 bits per heavy atom. The van der Waals surface area contributed by atoms with Crippen LogP contribution in [0.2, 0.25) is 0 Å². The number of hydrogen-bond donors (Lipinski definition) is 1. The van der Waals surface area contributed by atoms with Crippen molar-refractivity contribution in [3.8, 4) is 11.6 Å². The van der Waals surface area contributed by atoms with Crippen LogP contribution in [0, 0.1) is 0 Å². The van der Waals surface area contributed by atoms with Gasteiger partial charge in [0.1, 0.15) is 5.75 Å². The predicted molar refractivity (Wildman–Crippen MR) is 55.2 cm³/mol. The van der Waals surface area contributed by atoms with Crippen LogP contribution in [-0.2, 0) is 10.4 Å². The van der Waals surface area contributed by atoms with Crippen LogP contribution in [0.5, 0.6) is 11.6 Å². The van der Waals surface area contributed by atoms with Gasteiger partial charge >= 0.3 is 0 Å². The molecule has 0 unspecified atom stereocenters. The van der Waals surface area contributed by atoms with Crippen molar-refractivity contribution >= 4 is 21.3 Å². The minimum absolute atomic E-state index is 0.113. The number of ether oxygens (including phenoxy) is 1. The number of aromatic nitrogens is 1. The van der Waals surface area contributed by atoms with Crippen molar-refractivity contribution in [1.82, 2.24) is 4.98 Å². The zero-order valence-electron chi connectivity index (χ0n) is 8.26. The fraction of sp³-hybridized carbons (Fsp3) is 0.111. The largest absolute Gasteiger partial charge is 0.716 e. The van der Waals surface area contributed by atoms with Gasteiger partial charge in [0.15, 0.2) is 0 Å². The fourth-order valence-electron chi connectivity index (χ4n) is 1.36. The van der Waals surface area contributed by atoms with Crippen LogP contribution in [0.1, 0.15) is 0 Å². The highest BCUT2D eigenvalue weighted by atomic mass is 32.3. The van der Waals surface area contributed by atoms with Crippen LogP contribution >= 0.6 is 0 Å². The third-order valence-electron chi connectivity index (χ3n) is 2.00. The molecule has 0 spiro atoms. The summed E-state index contributed by atoms with van der Waals surface area (Å²) in [7, 11) is -3.24. The van der Waals surface area contributed by atoms with Crippen molar-refractivity contribution in [3.05, 3.63) is 24.3 Å². The van der Waals surface area contributed by atoms with Crippen LogP contribution < -0.4 is 8.92 Å². The molecule has 0 fully saturated rings. The van der Waals surface area contributed by atoms with Gasteiger partial charge in [-0.15, -0.1) is 0 Å². The highest BCUT2D eigenvalue weighted by molar-refractivity contribution is 7.81. The van der Waals surface area contributed by atoms with Gasteiger partial charge < -0.3 is 18.5 Å². The van der Waals surface area contributed by atoms with Crippen LogP contribution in [0.25, 0.3) is 10.9 Å². The van der Waals surface area contributed by atoms with E-state index in [1.807, 2.05) is 0 Å². The molecule has 0 amide bonds. The molecule has 6 nitrogen and oxygen atoms in total. The standard InChI is InChI=1S/C9H9NO5S/c1-14-7-3-2-6-4-9(10-8(6)5-7)15-16(11,12)13/h2-5,10H,1H3,(H,11,12,13)/p-1. The number of H-pyrrole nitrogens is 1. The van der Waals surface area contributed by atoms with E-state index in [1.165, 1.54) is 13.2 Å². The third-order valence-corrected chi connectivity index (χ3v) is 2.38. The fourth-order valence-corrected chi connectivity index (χ4v) is 1.67. The highest BCUT2D eigenvalue weighted by Crippen LogP contribution is 2.24. The van der Waals surface area contributed by atoms with Crippen molar-refractivity contribution in [2.24, 2.45) is 0 Å².